The third-order valence-electron chi connectivity index (χ3n) is 0.931. The Kier molecular flexibility index (Phi) is 5.83. The van der Waals surface area contributed by atoms with E-state index in [1.54, 1.807) is 18.2 Å². The predicted molar refractivity (Wildman–Crippen MR) is 55.1 cm³/mol. The number of hydrogen-bond donors (Lipinski definition) is 1. The molecule has 0 unspecified atom stereocenters. The van der Waals surface area contributed by atoms with Crippen LogP contribution >= 0.6 is 35.8 Å². The average Bonchev–Trinajstić information content (AvgIpc) is 2.04. The molecule has 0 N–H and O–H groups in total. The molecule has 0 amide bonds. The van der Waals surface area contributed by atoms with E-state index in [2.05, 4.69) is 12.6 Å². The molecule has 0 atom stereocenters. The van der Waals surface area contributed by atoms with E-state index in [0.29, 0.717) is 14.9 Å². The summed E-state index contributed by atoms with van der Waals surface area (Å²) in [7, 11) is 0. The fourth-order valence-electron chi connectivity index (χ4n) is 0.492. The van der Waals surface area contributed by atoms with Crippen LogP contribution in [0.15, 0.2) is 23.1 Å². The van der Waals surface area contributed by atoms with Crippen molar-refractivity contribution in [2.45, 2.75) is 18.7 Å². The van der Waals surface area contributed by atoms with Crippen molar-refractivity contribution < 1.29 is 0 Å². The normalized spacial score (nSPS) is 8.45. The molecule has 0 heterocycles. The zero-order valence-electron chi connectivity index (χ0n) is 6.44. The Hall–Kier alpha value is 0.150. The van der Waals surface area contributed by atoms with E-state index in [1.165, 1.54) is 0 Å². The molecule has 62 valence electrons. The molecule has 0 bridgehead atoms. The highest BCUT2D eigenvalue weighted by Gasteiger charge is 1.97. The van der Waals surface area contributed by atoms with Gasteiger partial charge in [-0.25, -0.2) is 0 Å². The van der Waals surface area contributed by atoms with Gasteiger partial charge in [0.05, 0.1) is 10.0 Å². The van der Waals surface area contributed by atoms with Crippen molar-refractivity contribution in [3.05, 3.63) is 28.2 Å². The van der Waals surface area contributed by atoms with Crippen molar-refractivity contribution in [1.29, 1.82) is 0 Å². The number of rotatable bonds is 0. The van der Waals surface area contributed by atoms with Gasteiger partial charge in [-0.2, -0.15) is 0 Å². The molecule has 0 radical (unpaired) electrons. The van der Waals surface area contributed by atoms with E-state index in [1.807, 2.05) is 13.8 Å². The van der Waals surface area contributed by atoms with E-state index in [0.717, 1.165) is 0 Å². The minimum atomic E-state index is 0.516. The molecule has 0 spiro atoms. The standard InChI is InChI=1S/C6H4Cl2S.C2H6/c7-4-2-1-3-5(9)6(4)8;1-2/h1-3,9H;1-2H3. The number of thiol groups is 1. The van der Waals surface area contributed by atoms with Crippen LogP contribution in [0, 0.1) is 0 Å². The molecule has 0 aliphatic heterocycles. The monoisotopic (exact) mass is 208 g/mol. The molecule has 0 aromatic heterocycles. The minimum Gasteiger partial charge on any atom is -0.142 e. The Bertz CT molecular complexity index is 203. The zero-order valence-corrected chi connectivity index (χ0v) is 8.84. The summed E-state index contributed by atoms with van der Waals surface area (Å²) in [5, 5.41) is 1.06. The van der Waals surface area contributed by atoms with Gasteiger partial charge >= 0.3 is 0 Å². The lowest BCUT2D eigenvalue weighted by Crippen LogP contribution is -1.68. The first-order valence-corrected chi connectivity index (χ1v) is 4.55. The molecule has 11 heavy (non-hydrogen) atoms. The minimum absolute atomic E-state index is 0.516. The van der Waals surface area contributed by atoms with Gasteiger partial charge in [0.1, 0.15) is 0 Å². The van der Waals surface area contributed by atoms with Crippen LogP contribution in [-0.4, -0.2) is 0 Å². The van der Waals surface area contributed by atoms with Crippen molar-refractivity contribution in [2.75, 3.05) is 0 Å². The molecular formula is C8H10Cl2S. The highest BCUT2D eigenvalue weighted by molar-refractivity contribution is 7.80. The summed E-state index contributed by atoms with van der Waals surface area (Å²) in [6, 6.07) is 5.32. The van der Waals surface area contributed by atoms with Crippen molar-refractivity contribution in [3.63, 3.8) is 0 Å². The summed E-state index contributed by atoms with van der Waals surface area (Å²) >= 11 is 15.4. The van der Waals surface area contributed by atoms with Crippen LogP contribution in [0.3, 0.4) is 0 Å². The first-order valence-electron chi connectivity index (χ1n) is 3.35. The van der Waals surface area contributed by atoms with Gasteiger partial charge in [0, 0.05) is 4.90 Å². The van der Waals surface area contributed by atoms with Crippen LogP contribution < -0.4 is 0 Å². The molecule has 0 saturated heterocycles. The Morgan fingerprint density at radius 1 is 1.18 bits per heavy atom. The lowest BCUT2D eigenvalue weighted by Gasteiger charge is -1.95. The van der Waals surface area contributed by atoms with E-state index >= 15 is 0 Å². The molecule has 0 nitrogen and oxygen atoms in total. The van der Waals surface area contributed by atoms with Crippen LogP contribution in [-0.2, 0) is 0 Å². The Balaban J connectivity index is 0.000000461. The van der Waals surface area contributed by atoms with Crippen LogP contribution in [0.4, 0.5) is 0 Å². The van der Waals surface area contributed by atoms with Gasteiger partial charge in [0.2, 0.25) is 0 Å². The highest BCUT2D eigenvalue weighted by Crippen LogP contribution is 2.27. The van der Waals surface area contributed by atoms with Gasteiger partial charge < -0.3 is 0 Å². The Morgan fingerprint density at radius 2 is 1.73 bits per heavy atom. The van der Waals surface area contributed by atoms with Gasteiger partial charge in [-0.15, -0.1) is 12.6 Å². The summed E-state index contributed by atoms with van der Waals surface area (Å²) < 4.78 is 0. The van der Waals surface area contributed by atoms with Crippen molar-refractivity contribution >= 4 is 35.8 Å². The third kappa shape index (κ3) is 3.37. The summed E-state index contributed by atoms with van der Waals surface area (Å²) in [6.07, 6.45) is 0. The maximum Gasteiger partial charge on any atom is 0.0725 e. The van der Waals surface area contributed by atoms with Gasteiger partial charge in [-0.05, 0) is 12.1 Å². The van der Waals surface area contributed by atoms with E-state index in [-0.39, 0.29) is 0 Å². The molecular weight excluding hydrogens is 199 g/mol. The van der Waals surface area contributed by atoms with E-state index in [9.17, 15) is 0 Å². The summed E-state index contributed by atoms with van der Waals surface area (Å²) in [5.41, 5.74) is 0. The van der Waals surface area contributed by atoms with Crippen LogP contribution in [0.1, 0.15) is 13.8 Å². The van der Waals surface area contributed by atoms with E-state index < -0.39 is 0 Å². The third-order valence-corrected chi connectivity index (χ3v) is 2.25. The topological polar surface area (TPSA) is 0 Å². The summed E-state index contributed by atoms with van der Waals surface area (Å²) in [4.78, 5) is 0.712. The van der Waals surface area contributed by atoms with Crippen molar-refractivity contribution in [3.8, 4) is 0 Å². The quantitative estimate of drug-likeness (QED) is 0.605. The molecule has 1 aromatic carbocycles. The molecule has 0 aliphatic rings. The van der Waals surface area contributed by atoms with Gasteiger partial charge in [0.15, 0.2) is 0 Å². The van der Waals surface area contributed by atoms with E-state index in [4.69, 9.17) is 23.2 Å². The number of halogens is 2. The SMILES string of the molecule is CC.Sc1cccc(Cl)c1Cl. The Morgan fingerprint density at radius 3 is 2.09 bits per heavy atom. The van der Waals surface area contributed by atoms with Crippen molar-refractivity contribution in [1.82, 2.24) is 0 Å². The highest BCUT2D eigenvalue weighted by atomic mass is 35.5. The Labute approximate surface area is 82.9 Å². The second kappa shape index (κ2) is 5.76. The van der Waals surface area contributed by atoms with Crippen LogP contribution in [0.5, 0.6) is 0 Å². The molecule has 0 aliphatic carbocycles. The van der Waals surface area contributed by atoms with Gasteiger partial charge in [-0.1, -0.05) is 43.1 Å². The van der Waals surface area contributed by atoms with Crippen molar-refractivity contribution in [2.24, 2.45) is 0 Å². The largest absolute Gasteiger partial charge is 0.142 e. The maximum absolute atomic E-state index is 5.67. The second-order valence-electron chi connectivity index (χ2n) is 1.57. The first-order chi connectivity index (χ1) is 5.22. The lowest BCUT2D eigenvalue weighted by atomic mass is 10.4. The number of benzene rings is 1. The molecule has 0 saturated carbocycles. The summed E-state index contributed by atoms with van der Waals surface area (Å²) in [5.74, 6) is 0. The van der Waals surface area contributed by atoms with Gasteiger partial charge in [0.25, 0.3) is 0 Å². The first kappa shape index (κ1) is 11.2. The lowest BCUT2D eigenvalue weighted by molar-refractivity contribution is 1.48. The summed E-state index contributed by atoms with van der Waals surface area (Å²) in [6.45, 7) is 4.00. The fraction of sp³-hybridized carbons (Fsp3) is 0.250. The zero-order chi connectivity index (χ0) is 8.85. The molecule has 1 aromatic rings. The number of hydrogen-bond acceptors (Lipinski definition) is 1. The van der Waals surface area contributed by atoms with Gasteiger partial charge in [-0.3, -0.25) is 0 Å². The second-order valence-corrected chi connectivity index (χ2v) is 2.84. The molecule has 0 fully saturated rings. The maximum atomic E-state index is 5.67. The molecule has 3 heteroatoms. The van der Waals surface area contributed by atoms with Crippen LogP contribution in [0.25, 0.3) is 0 Å². The fourth-order valence-corrected chi connectivity index (χ4v) is 1.07. The average molecular weight is 209 g/mol. The van der Waals surface area contributed by atoms with Crippen LogP contribution in [0.2, 0.25) is 10.0 Å². The predicted octanol–water partition coefficient (Wildman–Crippen LogP) is 4.31. The molecule has 1 rings (SSSR count). The smallest absolute Gasteiger partial charge is 0.0725 e.